The number of rotatable bonds is 5. The highest BCUT2D eigenvalue weighted by Crippen LogP contribution is 2.28. The number of hydrogen-bond acceptors (Lipinski definition) is 4. The van der Waals surface area contributed by atoms with E-state index in [1.165, 1.54) is 11.1 Å². The Kier molecular flexibility index (Phi) is 4.04. The van der Waals surface area contributed by atoms with Crippen molar-refractivity contribution in [2.24, 2.45) is 0 Å². The Hall–Kier alpha value is -1.95. The standard InChI is InChI=1S/C14H15FN2O2S/c1-14(2,10-4-3-7-20-10)8-17-12-11(15)9(13(18)19)5-6-16-12/h3-7H,8H2,1-2H3,(H,16,17)(H,18,19). The molecule has 2 N–H and O–H groups in total. The first-order valence-electron chi connectivity index (χ1n) is 6.07. The van der Waals surface area contributed by atoms with Crippen molar-refractivity contribution in [2.75, 3.05) is 11.9 Å². The maximum absolute atomic E-state index is 13.9. The molecular formula is C14H15FN2O2S. The Bertz CT molecular complexity index is 612. The third kappa shape index (κ3) is 2.96. The molecule has 0 aliphatic rings. The fraction of sp³-hybridized carbons (Fsp3) is 0.286. The number of carboxylic acid groups (broad SMARTS) is 1. The fourth-order valence-electron chi connectivity index (χ4n) is 1.79. The maximum atomic E-state index is 13.9. The van der Waals surface area contributed by atoms with Crippen LogP contribution in [0.25, 0.3) is 0 Å². The van der Waals surface area contributed by atoms with Gasteiger partial charge in [-0.2, -0.15) is 0 Å². The van der Waals surface area contributed by atoms with Gasteiger partial charge in [0.05, 0.1) is 0 Å². The minimum Gasteiger partial charge on any atom is -0.478 e. The minimum absolute atomic E-state index is 0.0328. The predicted octanol–water partition coefficient (Wildman–Crippen LogP) is 3.37. The average molecular weight is 294 g/mol. The first-order chi connectivity index (χ1) is 9.42. The summed E-state index contributed by atoms with van der Waals surface area (Å²) >= 11 is 1.63. The SMILES string of the molecule is CC(C)(CNc1nccc(C(=O)O)c1F)c1cccs1. The zero-order valence-electron chi connectivity index (χ0n) is 11.2. The molecule has 0 saturated heterocycles. The van der Waals surface area contributed by atoms with Gasteiger partial charge in [-0.25, -0.2) is 14.2 Å². The van der Waals surface area contributed by atoms with Crippen molar-refractivity contribution in [1.29, 1.82) is 0 Å². The molecule has 0 unspecified atom stereocenters. The van der Waals surface area contributed by atoms with Gasteiger partial charge in [0.2, 0.25) is 0 Å². The van der Waals surface area contributed by atoms with Gasteiger partial charge in [-0.05, 0) is 17.5 Å². The molecular weight excluding hydrogens is 279 g/mol. The number of nitrogens with one attached hydrogen (secondary N) is 1. The third-order valence-electron chi connectivity index (χ3n) is 3.01. The number of hydrogen-bond donors (Lipinski definition) is 2. The molecule has 0 aliphatic carbocycles. The van der Waals surface area contributed by atoms with Crippen LogP contribution in [0.1, 0.15) is 29.1 Å². The van der Waals surface area contributed by atoms with Gasteiger partial charge < -0.3 is 10.4 Å². The van der Waals surface area contributed by atoms with E-state index < -0.39 is 11.8 Å². The summed E-state index contributed by atoms with van der Waals surface area (Å²) in [5, 5.41) is 13.8. The molecule has 0 atom stereocenters. The normalized spacial score (nSPS) is 11.3. The third-order valence-corrected chi connectivity index (χ3v) is 4.24. The van der Waals surface area contributed by atoms with Crippen LogP contribution in [-0.2, 0) is 5.41 Å². The first-order valence-corrected chi connectivity index (χ1v) is 6.95. The van der Waals surface area contributed by atoms with Crippen LogP contribution in [0.3, 0.4) is 0 Å². The Morgan fingerprint density at radius 3 is 2.85 bits per heavy atom. The van der Waals surface area contributed by atoms with Crippen LogP contribution in [0.2, 0.25) is 0 Å². The number of aromatic nitrogens is 1. The van der Waals surface area contributed by atoms with Gasteiger partial charge in [-0.1, -0.05) is 19.9 Å². The Balaban J connectivity index is 2.16. The number of halogens is 1. The van der Waals surface area contributed by atoms with Crippen molar-refractivity contribution < 1.29 is 14.3 Å². The highest BCUT2D eigenvalue weighted by molar-refractivity contribution is 7.10. The number of carboxylic acids is 1. The van der Waals surface area contributed by atoms with E-state index in [1.54, 1.807) is 11.3 Å². The first kappa shape index (κ1) is 14.5. The van der Waals surface area contributed by atoms with Gasteiger partial charge in [0.15, 0.2) is 11.6 Å². The van der Waals surface area contributed by atoms with E-state index in [-0.39, 0.29) is 16.8 Å². The number of carbonyl (C=O) groups is 1. The van der Waals surface area contributed by atoms with E-state index in [2.05, 4.69) is 10.3 Å². The summed E-state index contributed by atoms with van der Waals surface area (Å²) in [6.45, 7) is 4.52. The van der Waals surface area contributed by atoms with Gasteiger partial charge in [0, 0.05) is 23.0 Å². The van der Waals surface area contributed by atoms with Crippen molar-refractivity contribution >= 4 is 23.1 Å². The number of nitrogens with zero attached hydrogens (tertiary/aromatic N) is 1. The van der Waals surface area contributed by atoms with E-state index in [4.69, 9.17) is 5.11 Å². The van der Waals surface area contributed by atoms with Crippen LogP contribution in [0.15, 0.2) is 29.8 Å². The van der Waals surface area contributed by atoms with Crippen LogP contribution in [0.5, 0.6) is 0 Å². The number of pyridine rings is 1. The van der Waals surface area contributed by atoms with Gasteiger partial charge in [0.25, 0.3) is 0 Å². The van der Waals surface area contributed by atoms with Crippen LogP contribution in [-0.4, -0.2) is 22.6 Å². The quantitative estimate of drug-likeness (QED) is 0.887. The molecule has 2 heterocycles. The van der Waals surface area contributed by atoms with Crippen molar-refractivity contribution in [2.45, 2.75) is 19.3 Å². The van der Waals surface area contributed by atoms with Crippen molar-refractivity contribution in [3.05, 3.63) is 46.0 Å². The van der Waals surface area contributed by atoms with Crippen molar-refractivity contribution in [1.82, 2.24) is 4.98 Å². The smallest absolute Gasteiger partial charge is 0.338 e. The topological polar surface area (TPSA) is 62.2 Å². The zero-order valence-corrected chi connectivity index (χ0v) is 12.0. The van der Waals surface area contributed by atoms with Gasteiger partial charge >= 0.3 is 5.97 Å². The number of anilines is 1. The fourth-order valence-corrected chi connectivity index (χ4v) is 2.64. The van der Waals surface area contributed by atoms with Crippen LogP contribution >= 0.6 is 11.3 Å². The lowest BCUT2D eigenvalue weighted by Crippen LogP contribution is -2.27. The number of thiophene rings is 1. The lowest BCUT2D eigenvalue weighted by Gasteiger charge is -2.24. The average Bonchev–Trinajstić information content (AvgIpc) is 2.92. The largest absolute Gasteiger partial charge is 0.478 e. The van der Waals surface area contributed by atoms with Gasteiger partial charge in [-0.15, -0.1) is 11.3 Å². The van der Waals surface area contributed by atoms with Crippen LogP contribution in [0.4, 0.5) is 10.2 Å². The van der Waals surface area contributed by atoms with Crippen molar-refractivity contribution in [3.8, 4) is 0 Å². The summed E-state index contributed by atoms with van der Waals surface area (Å²) in [7, 11) is 0. The molecule has 0 amide bonds. The Morgan fingerprint density at radius 2 is 2.25 bits per heavy atom. The van der Waals surface area contributed by atoms with E-state index in [0.29, 0.717) is 6.54 Å². The molecule has 6 heteroatoms. The highest BCUT2D eigenvalue weighted by atomic mass is 32.1. The molecule has 2 aromatic rings. The predicted molar refractivity (Wildman–Crippen MR) is 77.0 cm³/mol. The molecule has 0 bridgehead atoms. The second-order valence-electron chi connectivity index (χ2n) is 5.04. The van der Waals surface area contributed by atoms with Gasteiger partial charge in [0.1, 0.15) is 5.56 Å². The van der Waals surface area contributed by atoms with Gasteiger partial charge in [-0.3, -0.25) is 0 Å². The zero-order chi connectivity index (χ0) is 14.8. The Labute approximate surface area is 120 Å². The lowest BCUT2D eigenvalue weighted by molar-refractivity contribution is 0.0692. The summed E-state index contributed by atoms with van der Waals surface area (Å²) in [6.07, 6.45) is 1.28. The molecule has 0 aromatic carbocycles. The second kappa shape index (κ2) is 5.58. The summed E-state index contributed by atoms with van der Waals surface area (Å²) in [5.74, 6) is -2.16. The summed E-state index contributed by atoms with van der Waals surface area (Å²) in [6, 6.07) is 5.13. The molecule has 0 radical (unpaired) electrons. The van der Waals surface area contributed by atoms with E-state index in [0.717, 1.165) is 6.07 Å². The molecule has 4 nitrogen and oxygen atoms in total. The summed E-state index contributed by atoms with van der Waals surface area (Å²) < 4.78 is 13.9. The lowest BCUT2D eigenvalue weighted by atomic mass is 9.91. The van der Waals surface area contributed by atoms with Crippen LogP contribution in [0, 0.1) is 5.82 Å². The Morgan fingerprint density at radius 1 is 1.50 bits per heavy atom. The van der Waals surface area contributed by atoms with E-state index in [9.17, 15) is 9.18 Å². The number of aromatic carboxylic acids is 1. The van der Waals surface area contributed by atoms with Crippen LogP contribution < -0.4 is 5.32 Å². The summed E-state index contributed by atoms with van der Waals surface area (Å²) in [5.41, 5.74) is -0.571. The highest BCUT2D eigenvalue weighted by Gasteiger charge is 2.23. The molecule has 106 valence electrons. The van der Waals surface area contributed by atoms with E-state index >= 15 is 0 Å². The summed E-state index contributed by atoms with van der Waals surface area (Å²) in [4.78, 5) is 15.9. The monoisotopic (exact) mass is 294 g/mol. The molecule has 0 saturated carbocycles. The molecule has 0 spiro atoms. The molecule has 2 aromatic heterocycles. The molecule has 2 rings (SSSR count). The molecule has 0 aliphatic heterocycles. The molecule has 20 heavy (non-hydrogen) atoms. The van der Waals surface area contributed by atoms with Crippen molar-refractivity contribution in [3.63, 3.8) is 0 Å². The molecule has 0 fully saturated rings. The minimum atomic E-state index is -1.30. The second-order valence-corrected chi connectivity index (χ2v) is 5.99. The maximum Gasteiger partial charge on any atom is 0.338 e. The van der Waals surface area contributed by atoms with E-state index in [1.807, 2.05) is 31.4 Å².